The zero-order valence-electron chi connectivity index (χ0n) is 26.6. The first kappa shape index (κ1) is 33.4. The van der Waals surface area contributed by atoms with E-state index in [9.17, 15) is 26.4 Å². The van der Waals surface area contributed by atoms with Gasteiger partial charge in [0.1, 0.15) is 15.9 Å². The second-order valence-corrected chi connectivity index (χ2v) is 17.8. The number of nitrogens with one attached hydrogen (secondary N) is 3. The van der Waals surface area contributed by atoms with E-state index in [1.165, 1.54) is 6.33 Å². The van der Waals surface area contributed by atoms with Crippen LogP contribution in [0.2, 0.25) is 0 Å². The first-order valence-electron chi connectivity index (χ1n) is 15.6. The summed E-state index contributed by atoms with van der Waals surface area (Å²) < 4.78 is 53.7. The van der Waals surface area contributed by atoms with Gasteiger partial charge < -0.3 is 20.5 Å². The second-order valence-electron chi connectivity index (χ2n) is 13.6. The van der Waals surface area contributed by atoms with Crippen LogP contribution in [0.25, 0.3) is 0 Å². The SMILES string of the molecule is Cc1ccccc1N1CCN(S(=O)(=O)CC23CCC(CC2NC(=O)[C@H](CCS(C)(=O)=O)NC(=O)Cc2c[nH]cn2)C3(C)C)CC1. The molecular formula is C31H46N6O6S2. The Bertz CT molecular complexity index is 1600. The molecule has 45 heavy (non-hydrogen) atoms. The predicted octanol–water partition coefficient (Wildman–Crippen LogP) is 1.64. The minimum atomic E-state index is -3.67. The summed E-state index contributed by atoms with van der Waals surface area (Å²) in [5.74, 6) is -1.06. The molecule has 3 fully saturated rings. The van der Waals surface area contributed by atoms with Crippen LogP contribution < -0.4 is 15.5 Å². The third kappa shape index (κ3) is 7.07. The van der Waals surface area contributed by atoms with Crippen LogP contribution >= 0.6 is 0 Å². The summed E-state index contributed by atoms with van der Waals surface area (Å²) in [5.41, 5.74) is 1.73. The summed E-state index contributed by atoms with van der Waals surface area (Å²) in [4.78, 5) is 35.6. The average Bonchev–Trinajstić information content (AvgIpc) is 3.61. The molecule has 2 heterocycles. The molecule has 5 rings (SSSR count). The van der Waals surface area contributed by atoms with Gasteiger partial charge in [-0.05, 0) is 55.6 Å². The molecule has 2 aromatic rings. The van der Waals surface area contributed by atoms with Crippen LogP contribution in [0.5, 0.6) is 0 Å². The number of rotatable bonds is 12. The highest BCUT2D eigenvalue weighted by atomic mass is 32.2. The number of sulfonamides is 1. The molecule has 2 amide bonds. The lowest BCUT2D eigenvalue weighted by molar-refractivity contribution is -0.129. The van der Waals surface area contributed by atoms with Crippen molar-refractivity contribution in [2.24, 2.45) is 16.7 Å². The van der Waals surface area contributed by atoms with Crippen LogP contribution in [0.15, 0.2) is 36.8 Å². The van der Waals surface area contributed by atoms with E-state index in [4.69, 9.17) is 0 Å². The molecular weight excluding hydrogens is 617 g/mol. The average molecular weight is 663 g/mol. The lowest BCUT2D eigenvalue weighted by Crippen LogP contribution is -2.58. The molecule has 1 aromatic carbocycles. The van der Waals surface area contributed by atoms with E-state index < -0.39 is 49.2 Å². The number of piperazine rings is 1. The van der Waals surface area contributed by atoms with Crippen LogP contribution in [0.3, 0.4) is 0 Å². The lowest BCUT2D eigenvalue weighted by atomic mass is 9.69. The molecule has 12 nitrogen and oxygen atoms in total. The van der Waals surface area contributed by atoms with Crippen molar-refractivity contribution in [1.82, 2.24) is 24.9 Å². The number of hydrogen-bond acceptors (Lipinski definition) is 8. The van der Waals surface area contributed by atoms with Gasteiger partial charge in [-0.1, -0.05) is 32.0 Å². The fourth-order valence-electron chi connectivity index (χ4n) is 7.84. The Morgan fingerprint density at radius 3 is 2.44 bits per heavy atom. The molecule has 248 valence electrons. The Morgan fingerprint density at radius 2 is 1.82 bits per heavy atom. The summed E-state index contributed by atoms with van der Waals surface area (Å²) in [6.45, 7) is 8.25. The van der Waals surface area contributed by atoms with Gasteiger partial charge in [0.25, 0.3) is 0 Å². The summed E-state index contributed by atoms with van der Waals surface area (Å²) in [5, 5.41) is 5.81. The van der Waals surface area contributed by atoms with Crippen molar-refractivity contribution in [3.05, 3.63) is 48.0 Å². The molecule has 1 aromatic heterocycles. The molecule has 2 aliphatic carbocycles. The second kappa shape index (κ2) is 12.7. The quantitative estimate of drug-likeness (QED) is 0.309. The number of aryl methyl sites for hydroxylation is 1. The number of benzene rings is 1. The number of sulfone groups is 1. The third-order valence-corrected chi connectivity index (χ3v) is 13.6. The molecule has 1 aliphatic heterocycles. The highest BCUT2D eigenvalue weighted by molar-refractivity contribution is 7.90. The monoisotopic (exact) mass is 662 g/mol. The molecule has 2 bridgehead atoms. The predicted molar refractivity (Wildman–Crippen MR) is 173 cm³/mol. The van der Waals surface area contributed by atoms with E-state index in [2.05, 4.69) is 58.4 Å². The summed E-state index contributed by atoms with van der Waals surface area (Å²) in [7, 11) is -7.07. The number of aromatic nitrogens is 2. The highest BCUT2D eigenvalue weighted by Crippen LogP contribution is 2.66. The maximum absolute atomic E-state index is 14.1. The van der Waals surface area contributed by atoms with Gasteiger partial charge in [-0.2, -0.15) is 4.31 Å². The van der Waals surface area contributed by atoms with Crippen molar-refractivity contribution < 1.29 is 26.4 Å². The van der Waals surface area contributed by atoms with Crippen molar-refractivity contribution in [2.75, 3.05) is 48.8 Å². The van der Waals surface area contributed by atoms with Gasteiger partial charge in [0.05, 0.1) is 29.9 Å². The van der Waals surface area contributed by atoms with Crippen molar-refractivity contribution in [3.63, 3.8) is 0 Å². The van der Waals surface area contributed by atoms with E-state index in [1.54, 1.807) is 10.5 Å². The molecule has 2 saturated carbocycles. The summed E-state index contributed by atoms with van der Waals surface area (Å²) >= 11 is 0. The van der Waals surface area contributed by atoms with Gasteiger partial charge in [-0.25, -0.2) is 21.8 Å². The summed E-state index contributed by atoms with van der Waals surface area (Å²) in [6.07, 6.45) is 6.14. The van der Waals surface area contributed by atoms with Crippen molar-refractivity contribution >= 4 is 37.4 Å². The van der Waals surface area contributed by atoms with Crippen molar-refractivity contribution in [1.29, 1.82) is 0 Å². The van der Waals surface area contributed by atoms with Crippen LogP contribution in [0.1, 0.15) is 50.8 Å². The third-order valence-electron chi connectivity index (χ3n) is 10.6. The van der Waals surface area contributed by atoms with Crippen LogP contribution in [0, 0.1) is 23.7 Å². The molecule has 3 unspecified atom stereocenters. The van der Waals surface area contributed by atoms with Crippen LogP contribution in [-0.2, 0) is 35.9 Å². The first-order valence-corrected chi connectivity index (χ1v) is 19.3. The molecule has 0 spiro atoms. The van der Waals surface area contributed by atoms with Gasteiger partial charge in [-0.3, -0.25) is 9.59 Å². The smallest absolute Gasteiger partial charge is 0.242 e. The molecule has 14 heteroatoms. The van der Waals surface area contributed by atoms with Crippen LogP contribution in [-0.4, -0.2) is 98.9 Å². The number of amides is 2. The molecule has 3 N–H and O–H groups in total. The van der Waals surface area contributed by atoms with Crippen molar-refractivity contribution in [3.8, 4) is 0 Å². The maximum Gasteiger partial charge on any atom is 0.242 e. The normalized spacial score (nSPS) is 25.6. The number of carbonyl (C=O) groups excluding carboxylic acids is 2. The maximum atomic E-state index is 14.1. The van der Waals surface area contributed by atoms with Gasteiger partial charge in [0.2, 0.25) is 21.8 Å². The number of imidazole rings is 1. The zero-order valence-corrected chi connectivity index (χ0v) is 28.2. The number of anilines is 1. The van der Waals surface area contributed by atoms with Gasteiger partial charge >= 0.3 is 0 Å². The Balaban J connectivity index is 1.30. The molecule has 4 atom stereocenters. The molecule has 3 aliphatic rings. The van der Waals surface area contributed by atoms with E-state index in [1.807, 2.05) is 12.1 Å². The Labute approximate surface area is 266 Å². The molecule has 1 saturated heterocycles. The first-order chi connectivity index (χ1) is 21.1. The lowest BCUT2D eigenvalue weighted by Gasteiger charge is -2.44. The van der Waals surface area contributed by atoms with E-state index in [-0.39, 0.29) is 35.7 Å². The zero-order chi connectivity index (χ0) is 32.6. The minimum absolute atomic E-state index is 0.0655. The Hall–Kier alpha value is -2.97. The summed E-state index contributed by atoms with van der Waals surface area (Å²) in [6, 6.07) is 6.60. The molecule has 0 radical (unpaired) electrons. The number of carbonyl (C=O) groups is 2. The van der Waals surface area contributed by atoms with E-state index in [0.717, 1.165) is 23.9 Å². The van der Waals surface area contributed by atoms with Crippen LogP contribution in [0.4, 0.5) is 5.69 Å². The Kier molecular flexibility index (Phi) is 9.40. The number of H-pyrrole nitrogens is 1. The fourth-order valence-corrected chi connectivity index (χ4v) is 10.8. The topological polar surface area (TPSA) is 162 Å². The number of aromatic amines is 1. The Morgan fingerprint density at radius 1 is 1.11 bits per heavy atom. The van der Waals surface area contributed by atoms with Gasteiger partial charge in [-0.15, -0.1) is 0 Å². The van der Waals surface area contributed by atoms with E-state index >= 15 is 0 Å². The van der Waals surface area contributed by atoms with Gasteiger partial charge in [0, 0.05) is 55.8 Å². The minimum Gasteiger partial charge on any atom is -0.369 e. The number of hydrogen-bond donors (Lipinski definition) is 3. The largest absolute Gasteiger partial charge is 0.369 e. The highest BCUT2D eigenvalue weighted by Gasteiger charge is 2.66. The fraction of sp³-hybridized carbons (Fsp3) is 0.645. The number of nitrogens with zero attached hydrogens (tertiary/aromatic N) is 3. The van der Waals surface area contributed by atoms with Crippen molar-refractivity contribution in [2.45, 2.75) is 65.0 Å². The van der Waals surface area contributed by atoms with Gasteiger partial charge in [0.15, 0.2) is 0 Å². The standard InChI is InChI=1S/C31H46N6O6S2/c1-22-7-5-6-8-26(22)36-12-14-37(15-13-36)45(42,43)20-31-11-9-23(30(31,2)3)17-27(31)35-29(39)25(10-16-44(4,40)41)34-28(38)18-24-19-32-21-33-24/h5-8,19,21,23,25,27H,9-18,20H2,1-4H3,(H,32,33)(H,34,38)(H,35,39)/t23?,25-,27?,31?/m0/s1. The van der Waals surface area contributed by atoms with E-state index in [0.29, 0.717) is 44.7 Å². The number of para-hydroxylation sites is 1. The number of fused-ring (bicyclic) bond motifs is 2.